The number of benzene rings is 1. The quantitative estimate of drug-likeness (QED) is 0.906. The van der Waals surface area contributed by atoms with Crippen molar-refractivity contribution in [2.45, 2.75) is 34.4 Å². The zero-order valence-electron chi connectivity index (χ0n) is 11.6. The fourth-order valence-electron chi connectivity index (χ4n) is 3.63. The number of rotatable bonds is 3. The van der Waals surface area contributed by atoms with E-state index >= 15 is 0 Å². The average molecular weight is 331 g/mol. The van der Waals surface area contributed by atoms with Crippen LogP contribution in [0.2, 0.25) is 0 Å². The van der Waals surface area contributed by atoms with Gasteiger partial charge in [0, 0.05) is 13.0 Å². The number of hydrogen-bond donors (Lipinski definition) is 1. The minimum absolute atomic E-state index is 0.0299. The highest BCUT2D eigenvalue weighted by Gasteiger charge is 2.68. The monoisotopic (exact) mass is 331 g/mol. The van der Waals surface area contributed by atoms with Crippen LogP contribution < -0.4 is 0 Å². The maximum atomic E-state index is 13.7. The van der Waals surface area contributed by atoms with E-state index in [0.29, 0.717) is 0 Å². The first-order valence-electron chi connectivity index (χ1n) is 6.85. The van der Waals surface area contributed by atoms with Gasteiger partial charge in [-0.25, -0.2) is 17.2 Å². The van der Waals surface area contributed by atoms with Crippen LogP contribution >= 0.6 is 0 Å². The highest BCUT2D eigenvalue weighted by Crippen LogP contribution is 2.49. The van der Waals surface area contributed by atoms with Gasteiger partial charge in [0.1, 0.15) is 5.54 Å². The number of aliphatic carboxylic acids is 1. The van der Waals surface area contributed by atoms with Gasteiger partial charge in [0.2, 0.25) is 0 Å². The molecule has 0 saturated carbocycles. The van der Waals surface area contributed by atoms with Gasteiger partial charge in [-0.15, -0.1) is 0 Å². The summed E-state index contributed by atoms with van der Waals surface area (Å²) in [6.07, 6.45) is -0.925. The third-order valence-electron chi connectivity index (χ3n) is 4.53. The van der Waals surface area contributed by atoms with E-state index in [1.165, 1.54) is 24.3 Å². The number of hydrogen-bond acceptors (Lipinski definition) is 4. The topological polar surface area (TPSA) is 74.7 Å². The zero-order chi connectivity index (χ0) is 16.2. The van der Waals surface area contributed by atoms with Crippen molar-refractivity contribution in [1.29, 1.82) is 0 Å². The van der Waals surface area contributed by atoms with E-state index in [-0.39, 0.29) is 17.9 Å². The molecular formula is C14H15F2NO4S. The Labute approximate surface area is 126 Å². The van der Waals surface area contributed by atoms with Crippen LogP contribution in [0.25, 0.3) is 0 Å². The lowest BCUT2D eigenvalue weighted by molar-refractivity contribution is -0.148. The summed E-state index contributed by atoms with van der Waals surface area (Å²) >= 11 is 0. The second-order valence-electron chi connectivity index (χ2n) is 5.82. The summed E-state index contributed by atoms with van der Waals surface area (Å²) in [6, 6.07) is 7.41. The Morgan fingerprint density at radius 2 is 1.91 bits per heavy atom. The number of sulfone groups is 1. The highest BCUT2D eigenvalue weighted by molar-refractivity contribution is 7.92. The molecule has 0 bridgehead atoms. The molecule has 2 fully saturated rings. The first-order chi connectivity index (χ1) is 10.2. The summed E-state index contributed by atoms with van der Waals surface area (Å²) in [5.74, 6) is -4.69. The first kappa shape index (κ1) is 15.4. The van der Waals surface area contributed by atoms with Gasteiger partial charge < -0.3 is 5.11 Å². The Morgan fingerprint density at radius 1 is 1.27 bits per heavy atom. The molecular weight excluding hydrogens is 316 g/mol. The minimum atomic E-state index is -4.00. The predicted octanol–water partition coefficient (Wildman–Crippen LogP) is 1.40. The van der Waals surface area contributed by atoms with Crippen LogP contribution in [0.5, 0.6) is 0 Å². The molecule has 0 aromatic heterocycles. The Kier molecular flexibility index (Phi) is 3.30. The van der Waals surface area contributed by atoms with Crippen molar-refractivity contribution in [2.75, 3.05) is 13.1 Å². The Morgan fingerprint density at radius 3 is 2.50 bits per heavy atom. The molecule has 0 aliphatic carbocycles. The van der Waals surface area contributed by atoms with Crippen LogP contribution in [0.1, 0.15) is 12.8 Å². The smallest absolute Gasteiger partial charge is 0.325 e. The van der Waals surface area contributed by atoms with E-state index in [9.17, 15) is 27.1 Å². The van der Waals surface area contributed by atoms with Crippen molar-refractivity contribution >= 4 is 15.8 Å². The molecule has 1 N–H and O–H groups in total. The first-order valence-corrected chi connectivity index (χ1v) is 8.40. The molecule has 8 heteroatoms. The summed E-state index contributed by atoms with van der Waals surface area (Å²) in [5.41, 5.74) is -2.04. The molecule has 1 aromatic rings. The van der Waals surface area contributed by atoms with Crippen molar-refractivity contribution in [3.8, 4) is 0 Å². The van der Waals surface area contributed by atoms with Gasteiger partial charge >= 0.3 is 5.97 Å². The molecule has 2 atom stereocenters. The molecule has 3 rings (SSSR count). The zero-order valence-corrected chi connectivity index (χ0v) is 12.4. The van der Waals surface area contributed by atoms with Crippen molar-refractivity contribution < 1.29 is 27.1 Å². The maximum absolute atomic E-state index is 13.7. The number of carboxylic acid groups (broad SMARTS) is 1. The molecule has 22 heavy (non-hydrogen) atoms. The molecule has 2 heterocycles. The van der Waals surface area contributed by atoms with Crippen LogP contribution in [0.3, 0.4) is 0 Å². The lowest BCUT2D eigenvalue weighted by Crippen LogP contribution is -2.55. The number of carboxylic acids is 1. The summed E-state index contributed by atoms with van der Waals surface area (Å²) in [6.45, 7) is -0.668. The molecule has 2 saturated heterocycles. The van der Waals surface area contributed by atoms with Crippen LogP contribution in [0, 0.1) is 0 Å². The van der Waals surface area contributed by atoms with E-state index in [4.69, 9.17) is 0 Å². The third kappa shape index (κ3) is 2.04. The predicted molar refractivity (Wildman–Crippen MR) is 73.5 cm³/mol. The fourth-order valence-corrected chi connectivity index (χ4v) is 5.75. The van der Waals surface area contributed by atoms with E-state index in [2.05, 4.69) is 0 Å². The van der Waals surface area contributed by atoms with Gasteiger partial charge in [-0.3, -0.25) is 9.69 Å². The van der Waals surface area contributed by atoms with Crippen molar-refractivity contribution in [3.05, 3.63) is 30.3 Å². The van der Waals surface area contributed by atoms with Crippen LogP contribution in [0.15, 0.2) is 35.2 Å². The molecule has 120 valence electrons. The van der Waals surface area contributed by atoms with Gasteiger partial charge in [-0.2, -0.15) is 0 Å². The van der Waals surface area contributed by atoms with Gasteiger partial charge in [-0.1, -0.05) is 18.2 Å². The summed E-state index contributed by atoms with van der Waals surface area (Å²) in [5, 5.41) is 8.18. The molecule has 0 radical (unpaired) electrons. The Balaban J connectivity index is 2.10. The highest BCUT2D eigenvalue weighted by atomic mass is 32.2. The van der Waals surface area contributed by atoms with Crippen LogP contribution in [-0.4, -0.2) is 54.2 Å². The molecule has 1 aromatic carbocycles. The molecule has 5 nitrogen and oxygen atoms in total. The van der Waals surface area contributed by atoms with Crippen molar-refractivity contribution in [1.82, 2.24) is 4.90 Å². The number of halogens is 2. The summed E-state index contributed by atoms with van der Waals surface area (Å²) in [4.78, 5) is 12.8. The van der Waals surface area contributed by atoms with E-state index in [1.807, 2.05) is 0 Å². The van der Waals surface area contributed by atoms with E-state index < -0.39 is 45.5 Å². The van der Waals surface area contributed by atoms with Gasteiger partial charge in [0.25, 0.3) is 5.92 Å². The SMILES string of the molecule is O=C(O)C12CC(F)(F)CN1CCC2S(=O)(=O)c1ccccc1. The van der Waals surface area contributed by atoms with Gasteiger partial charge in [0.05, 0.1) is 16.7 Å². The molecule has 0 spiro atoms. The van der Waals surface area contributed by atoms with E-state index in [0.717, 1.165) is 4.90 Å². The number of alkyl halides is 2. The second kappa shape index (κ2) is 4.73. The minimum Gasteiger partial charge on any atom is -0.480 e. The van der Waals surface area contributed by atoms with Crippen molar-refractivity contribution in [3.63, 3.8) is 0 Å². The molecule has 2 aliphatic rings. The normalized spacial score (nSPS) is 31.1. The fraction of sp³-hybridized carbons (Fsp3) is 0.500. The van der Waals surface area contributed by atoms with E-state index in [1.54, 1.807) is 6.07 Å². The maximum Gasteiger partial charge on any atom is 0.325 e. The van der Waals surface area contributed by atoms with Gasteiger partial charge in [0.15, 0.2) is 9.84 Å². The van der Waals surface area contributed by atoms with Crippen molar-refractivity contribution in [2.24, 2.45) is 0 Å². The summed E-state index contributed by atoms with van der Waals surface area (Å²) in [7, 11) is -4.00. The molecule has 2 unspecified atom stereocenters. The second-order valence-corrected chi connectivity index (χ2v) is 7.95. The van der Waals surface area contributed by atoms with Gasteiger partial charge in [-0.05, 0) is 18.6 Å². The lowest BCUT2D eigenvalue weighted by atomic mass is 9.92. The number of fused-ring (bicyclic) bond motifs is 1. The summed E-state index contributed by atoms with van der Waals surface area (Å²) < 4.78 is 53.0. The Bertz CT molecular complexity index is 707. The average Bonchev–Trinajstić information content (AvgIpc) is 2.91. The third-order valence-corrected chi connectivity index (χ3v) is 6.83. The molecule has 2 aliphatic heterocycles. The number of carbonyl (C=O) groups is 1. The molecule has 0 amide bonds. The van der Waals surface area contributed by atoms with Crippen LogP contribution in [-0.2, 0) is 14.6 Å². The van der Waals surface area contributed by atoms with Crippen LogP contribution in [0.4, 0.5) is 8.78 Å². The largest absolute Gasteiger partial charge is 0.480 e. The lowest BCUT2D eigenvalue weighted by Gasteiger charge is -2.31. The Hall–Kier alpha value is -1.54. The standard InChI is InChI=1S/C14H15F2NO4S/c15-13(16)8-14(12(18)19)11(6-7-17(14)9-13)22(20,21)10-4-2-1-3-5-10/h1-5,11H,6-9H2,(H,18,19). The number of nitrogens with zero attached hydrogens (tertiary/aromatic N) is 1.